The van der Waals surface area contributed by atoms with Gasteiger partial charge in [-0.3, -0.25) is 4.79 Å². The molecular formula is C36H35NO8. The molecule has 4 aromatic rings. The molecule has 5 rings (SSSR count). The first-order valence-electron chi connectivity index (χ1n) is 14.7. The Kier molecular flexibility index (Phi) is 11.1. The summed E-state index contributed by atoms with van der Waals surface area (Å²) >= 11 is 0. The summed E-state index contributed by atoms with van der Waals surface area (Å²) in [5, 5.41) is 2.90. The number of nitrogens with one attached hydrogen (secondary N) is 1. The van der Waals surface area contributed by atoms with Gasteiger partial charge in [0.25, 0.3) is 0 Å². The van der Waals surface area contributed by atoms with Crippen LogP contribution in [0.4, 0.5) is 0 Å². The van der Waals surface area contributed by atoms with E-state index >= 15 is 0 Å². The van der Waals surface area contributed by atoms with Crippen LogP contribution in [0.3, 0.4) is 0 Å². The largest absolute Gasteiger partial charge is 0.459 e. The van der Waals surface area contributed by atoms with Crippen LogP contribution in [0.2, 0.25) is 0 Å². The van der Waals surface area contributed by atoms with Crippen molar-refractivity contribution in [2.75, 3.05) is 6.61 Å². The van der Waals surface area contributed by atoms with Crippen LogP contribution in [0.1, 0.15) is 38.8 Å². The van der Waals surface area contributed by atoms with Crippen molar-refractivity contribution in [3.8, 4) is 0 Å². The van der Waals surface area contributed by atoms with Crippen molar-refractivity contribution < 1.29 is 38.1 Å². The number of ether oxygens (including phenoxy) is 5. The van der Waals surface area contributed by atoms with E-state index in [0.29, 0.717) is 11.1 Å². The van der Waals surface area contributed by atoms with Gasteiger partial charge in [0.1, 0.15) is 24.9 Å². The fraction of sp³-hybridized carbons (Fsp3) is 0.250. The summed E-state index contributed by atoms with van der Waals surface area (Å²) in [7, 11) is 0. The number of rotatable bonds is 12. The molecule has 1 fully saturated rings. The fourth-order valence-electron chi connectivity index (χ4n) is 5.01. The molecule has 4 aromatic carbocycles. The normalized spacial score (nSPS) is 21.0. The van der Waals surface area contributed by atoms with Crippen LogP contribution >= 0.6 is 0 Å². The van der Waals surface area contributed by atoms with E-state index in [9.17, 15) is 14.4 Å². The molecule has 9 heteroatoms. The van der Waals surface area contributed by atoms with Crippen LogP contribution in [-0.2, 0) is 41.7 Å². The third kappa shape index (κ3) is 8.86. The van der Waals surface area contributed by atoms with E-state index < -0.39 is 42.6 Å². The Bertz CT molecular complexity index is 1520. The van der Waals surface area contributed by atoms with Crippen LogP contribution in [0.15, 0.2) is 121 Å². The summed E-state index contributed by atoms with van der Waals surface area (Å²) in [4.78, 5) is 38.8. The zero-order chi connectivity index (χ0) is 31.4. The summed E-state index contributed by atoms with van der Waals surface area (Å²) < 4.78 is 30.8. The van der Waals surface area contributed by atoms with E-state index in [-0.39, 0.29) is 25.7 Å². The number of carbonyl (C=O) groups excluding carboxylic acids is 3. The summed E-state index contributed by atoms with van der Waals surface area (Å²) in [5.41, 5.74) is 2.43. The number of hydrogen-bond donors (Lipinski definition) is 1. The van der Waals surface area contributed by atoms with Crippen molar-refractivity contribution in [3.05, 3.63) is 144 Å². The number of benzene rings is 4. The fourth-order valence-corrected chi connectivity index (χ4v) is 5.01. The minimum absolute atomic E-state index is 0.142. The van der Waals surface area contributed by atoms with Gasteiger partial charge in [0.2, 0.25) is 5.91 Å². The van der Waals surface area contributed by atoms with E-state index in [1.54, 1.807) is 60.7 Å². The second kappa shape index (κ2) is 15.8. The molecule has 1 aliphatic rings. The second-order valence-electron chi connectivity index (χ2n) is 10.5. The van der Waals surface area contributed by atoms with E-state index in [1.165, 1.54) is 6.92 Å². The molecule has 1 heterocycles. The Labute approximate surface area is 262 Å². The van der Waals surface area contributed by atoms with Crippen LogP contribution < -0.4 is 5.32 Å². The van der Waals surface area contributed by atoms with Gasteiger partial charge in [-0.2, -0.15) is 0 Å². The molecule has 0 bridgehead atoms. The van der Waals surface area contributed by atoms with Crippen LogP contribution in [0.25, 0.3) is 0 Å². The molecule has 1 saturated heterocycles. The Hall–Kier alpha value is -4.83. The van der Waals surface area contributed by atoms with Gasteiger partial charge in [-0.05, 0) is 35.4 Å². The first-order chi connectivity index (χ1) is 22.0. The van der Waals surface area contributed by atoms with Crippen molar-refractivity contribution in [1.82, 2.24) is 5.32 Å². The molecule has 0 unspecified atom stereocenters. The zero-order valence-corrected chi connectivity index (χ0v) is 24.8. The SMILES string of the molecule is CC(=O)N[C@H]1[C@@H](OCc2ccccc2)O[C@H](COC(=O)c2ccccc2)[C@@H](OC(=O)c2ccccc2)[C@@H]1OCc1ccccc1. The maximum absolute atomic E-state index is 13.4. The lowest BCUT2D eigenvalue weighted by Gasteiger charge is -2.45. The minimum atomic E-state index is -1.10. The van der Waals surface area contributed by atoms with E-state index in [0.717, 1.165) is 11.1 Å². The molecule has 5 atom stereocenters. The monoisotopic (exact) mass is 609 g/mol. The topological polar surface area (TPSA) is 109 Å². The molecule has 232 valence electrons. The summed E-state index contributed by atoms with van der Waals surface area (Å²) in [6.07, 6.45) is -4.09. The predicted molar refractivity (Wildman–Crippen MR) is 165 cm³/mol. The van der Waals surface area contributed by atoms with E-state index in [2.05, 4.69) is 5.32 Å². The smallest absolute Gasteiger partial charge is 0.338 e. The lowest BCUT2D eigenvalue weighted by Crippen LogP contribution is -2.66. The Balaban J connectivity index is 1.47. The van der Waals surface area contributed by atoms with Gasteiger partial charge in [-0.25, -0.2) is 9.59 Å². The van der Waals surface area contributed by atoms with Gasteiger partial charge in [0, 0.05) is 6.92 Å². The highest BCUT2D eigenvalue weighted by molar-refractivity contribution is 5.90. The molecule has 0 radical (unpaired) electrons. The lowest BCUT2D eigenvalue weighted by atomic mass is 9.95. The van der Waals surface area contributed by atoms with E-state index in [1.807, 2.05) is 60.7 Å². The average Bonchev–Trinajstić information content (AvgIpc) is 3.08. The highest BCUT2D eigenvalue weighted by Crippen LogP contribution is 2.30. The molecule has 1 N–H and O–H groups in total. The first-order valence-corrected chi connectivity index (χ1v) is 14.7. The number of amides is 1. The van der Waals surface area contributed by atoms with Gasteiger partial charge >= 0.3 is 11.9 Å². The van der Waals surface area contributed by atoms with Gasteiger partial charge in [-0.1, -0.05) is 97.1 Å². The maximum atomic E-state index is 13.4. The van der Waals surface area contributed by atoms with Crippen LogP contribution in [0.5, 0.6) is 0 Å². The van der Waals surface area contributed by atoms with Crippen LogP contribution in [-0.4, -0.2) is 55.1 Å². The molecule has 1 amide bonds. The average molecular weight is 610 g/mol. The van der Waals surface area contributed by atoms with Gasteiger partial charge in [0.05, 0.1) is 24.3 Å². The predicted octanol–water partition coefficient (Wildman–Crippen LogP) is 5.10. The molecule has 1 aliphatic heterocycles. The van der Waals surface area contributed by atoms with Crippen molar-refractivity contribution in [2.24, 2.45) is 0 Å². The molecule has 0 aliphatic carbocycles. The summed E-state index contributed by atoms with van der Waals surface area (Å²) in [6.45, 7) is 1.41. The van der Waals surface area contributed by atoms with Crippen LogP contribution in [0, 0.1) is 0 Å². The van der Waals surface area contributed by atoms with E-state index in [4.69, 9.17) is 23.7 Å². The highest BCUT2D eigenvalue weighted by Gasteiger charge is 2.50. The van der Waals surface area contributed by atoms with Gasteiger partial charge in [-0.15, -0.1) is 0 Å². The minimum Gasteiger partial charge on any atom is -0.459 e. The molecule has 45 heavy (non-hydrogen) atoms. The summed E-state index contributed by atoms with van der Waals surface area (Å²) in [6, 6.07) is 35.1. The molecule has 0 aromatic heterocycles. The standard InChI is InChI=1S/C36H35NO8/c1-25(38)37-31-33(41-22-26-14-6-2-7-15-26)32(45-35(40)29-20-12-5-13-21-29)30(24-42-34(39)28-18-10-4-11-19-28)44-36(31)43-23-27-16-8-3-9-17-27/h2-21,30-33,36H,22-24H2,1H3,(H,37,38)/t30-,31-,32-,33-,36+/m1/s1. The molecular weight excluding hydrogens is 574 g/mol. The first kappa shape index (κ1) is 31.6. The van der Waals surface area contributed by atoms with Crippen molar-refractivity contribution >= 4 is 17.8 Å². The highest BCUT2D eigenvalue weighted by atomic mass is 16.7. The number of hydrogen-bond acceptors (Lipinski definition) is 8. The number of esters is 2. The quantitative estimate of drug-likeness (QED) is 0.221. The second-order valence-corrected chi connectivity index (χ2v) is 10.5. The van der Waals surface area contributed by atoms with Gasteiger partial charge < -0.3 is 29.0 Å². The third-order valence-corrected chi connectivity index (χ3v) is 7.20. The van der Waals surface area contributed by atoms with Crippen molar-refractivity contribution in [1.29, 1.82) is 0 Å². The van der Waals surface area contributed by atoms with Crippen molar-refractivity contribution in [2.45, 2.75) is 50.8 Å². The molecule has 9 nitrogen and oxygen atoms in total. The molecule has 0 spiro atoms. The third-order valence-electron chi connectivity index (χ3n) is 7.20. The van der Waals surface area contributed by atoms with Gasteiger partial charge in [0.15, 0.2) is 12.4 Å². The maximum Gasteiger partial charge on any atom is 0.338 e. The van der Waals surface area contributed by atoms with Crippen molar-refractivity contribution in [3.63, 3.8) is 0 Å². The summed E-state index contributed by atoms with van der Waals surface area (Å²) in [5.74, 6) is -1.55. The lowest BCUT2D eigenvalue weighted by molar-refractivity contribution is -0.280. The Morgan fingerprint density at radius 3 is 1.67 bits per heavy atom. The number of carbonyl (C=O) groups is 3. The Morgan fingerprint density at radius 1 is 0.644 bits per heavy atom. The molecule has 0 saturated carbocycles. The Morgan fingerprint density at radius 2 is 1.13 bits per heavy atom. The zero-order valence-electron chi connectivity index (χ0n) is 24.8.